The van der Waals surface area contributed by atoms with E-state index in [2.05, 4.69) is 28.2 Å². The summed E-state index contributed by atoms with van der Waals surface area (Å²) in [6.45, 7) is 2.62. The van der Waals surface area contributed by atoms with Crippen molar-refractivity contribution in [1.82, 2.24) is 9.78 Å². The maximum Gasteiger partial charge on any atom is 0.119 e. The van der Waals surface area contributed by atoms with Gasteiger partial charge in [0.1, 0.15) is 5.75 Å². The number of methoxy groups -OCH3 is 1. The summed E-state index contributed by atoms with van der Waals surface area (Å²) < 4.78 is 7.14. The van der Waals surface area contributed by atoms with Crippen LogP contribution in [0.2, 0.25) is 0 Å². The lowest BCUT2D eigenvalue weighted by molar-refractivity contribution is 0.415. The fourth-order valence-electron chi connectivity index (χ4n) is 2.34. The number of hydrogen-bond donors (Lipinski definition) is 1. The summed E-state index contributed by atoms with van der Waals surface area (Å²) >= 11 is 0. The van der Waals surface area contributed by atoms with Gasteiger partial charge in [0.05, 0.1) is 7.11 Å². The molecule has 2 aromatic rings. The van der Waals surface area contributed by atoms with Gasteiger partial charge in [0.25, 0.3) is 0 Å². The van der Waals surface area contributed by atoms with Crippen molar-refractivity contribution in [3.8, 4) is 5.75 Å². The zero-order valence-electron chi connectivity index (χ0n) is 12.8. The van der Waals surface area contributed by atoms with Crippen molar-refractivity contribution in [2.45, 2.75) is 12.8 Å². The number of nitrogens with zero attached hydrogens (tertiary/aromatic N) is 3. The standard InChI is InChI=1S/C16H24N4O/c1-19-14(8-11-18-19)9-13-20(12-3-10-17)15-4-6-16(21-2)7-5-15/h4-8,11H,3,9-10,12-13,17H2,1-2H3. The van der Waals surface area contributed by atoms with Crippen LogP contribution in [0.1, 0.15) is 12.1 Å². The van der Waals surface area contributed by atoms with Crippen molar-refractivity contribution >= 4 is 5.69 Å². The minimum absolute atomic E-state index is 0.707. The average molecular weight is 288 g/mol. The number of rotatable bonds is 8. The summed E-state index contributed by atoms with van der Waals surface area (Å²) in [5.41, 5.74) is 8.09. The molecule has 0 bridgehead atoms. The maximum atomic E-state index is 5.65. The highest BCUT2D eigenvalue weighted by Crippen LogP contribution is 2.19. The van der Waals surface area contributed by atoms with E-state index in [0.717, 1.165) is 31.7 Å². The molecule has 1 aromatic carbocycles. The third-order valence-corrected chi connectivity index (χ3v) is 3.63. The first kappa shape index (κ1) is 15.4. The Hall–Kier alpha value is -2.01. The Labute approximate surface area is 126 Å². The average Bonchev–Trinajstić information content (AvgIpc) is 2.93. The molecule has 114 valence electrons. The van der Waals surface area contributed by atoms with E-state index in [0.29, 0.717) is 6.54 Å². The zero-order valence-corrected chi connectivity index (χ0v) is 12.8. The van der Waals surface area contributed by atoms with Crippen LogP contribution < -0.4 is 15.4 Å². The molecule has 0 radical (unpaired) electrons. The van der Waals surface area contributed by atoms with Crippen LogP contribution in [0.15, 0.2) is 36.5 Å². The quantitative estimate of drug-likeness (QED) is 0.805. The molecule has 0 unspecified atom stereocenters. The molecule has 5 heteroatoms. The van der Waals surface area contributed by atoms with E-state index < -0.39 is 0 Å². The molecule has 0 saturated carbocycles. The van der Waals surface area contributed by atoms with Crippen molar-refractivity contribution in [1.29, 1.82) is 0 Å². The van der Waals surface area contributed by atoms with E-state index in [9.17, 15) is 0 Å². The Balaban J connectivity index is 2.04. The second-order valence-electron chi connectivity index (χ2n) is 5.02. The van der Waals surface area contributed by atoms with Gasteiger partial charge in [-0.05, 0) is 43.3 Å². The van der Waals surface area contributed by atoms with E-state index in [-0.39, 0.29) is 0 Å². The normalized spacial score (nSPS) is 10.6. The van der Waals surface area contributed by atoms with Gasteiger partial charge in [-0.3, -0.25) is 4.68 Å². The lowest BCUT2D eigenvalue weighted by Crippen LogP contribution is -2.28. The molecule has 0 saturated heterocycles. The van der Waals surface area contributed by atoms with Gasteiger partial charge in [-0.2, -0.15) is 5.10 Å². The minimum atomic E-state index is 0.707. The Bertz CT molecular complexity index is 535. The first-order valence-corrected chi connectivity index (χ1v) is 7.30. The molecule has 1 heterocycles. The van der Waals surface area contributed by atoms with Gasteiger partial charge < -0.3 is 15.4 Å². The van der Waals surface area contributed by atoms with Crippen LogP contribution in [-0.4, -0.2) is 36.5 Å². The summed E-state index contributed by atoms with van der Waals surface area (Å²) in [4.78, 5) is 2.36. The number of aromatic nitrogens is 2. The Kier molecular flexibility index (Phi) is 5.63. The summed E-state index contributed by atoms with van der Waals surface area (Å²) in [6, 6.07) is 10.2. The number of anilines is 1. The zero-order chi connectivity index (χ0) is 15.1. The fourth-order valence-corrected chi connectivity index (χ4v) is 2.34. The molecule has 0 aliphatic rings. The molecule has 2 N–H and O–H groups in total. The second kappa shape index (κ2) is 7.69. The number of nitrogens with two attached hydrogens (primary N) is 1. The molecule has 0 aliphatic heterocycles. The predicted octanol–water partition coefficient (Wildman–Crippen LogP) is 1.83. The fraction of sp³-hybridized carbons (Fsp3) is 0.438. The van der Waals surface area contributed by atoms with Crippen LogP contribution in [0.5, 0.6) is 5.75 Å². The van der Waals surface area contributed by atoms with Gasteiger partial charge in [0, 0.05) is 44.1 Å². The highest BCUT2D eigenvalue weighted by atomic mass is 16.5. The number of hydrogen-bond acceptors (Lipinski definition) is 4. The Morgan fingerprint density at radius 2 is 1.95 bits per heavy atom. The molecular weight excluding hydrogens is 264 g/mol. The molecule has 0 amide bonds. The smallest absolute Gasteiger partial charge is 0.119 e. The summed E-state index contributed by atoms with van der Waals surface area (Å²) in [6.07, 6.45) is 3.79. The van der Waals surface area contributed by atoms with Crippen LogP contribution in [0.4, 0.5) is 5.69 Å². The second-order valence-corrected chi connectivity index (χ2v) is 5.02. The summed E-state index contributed by atoms with van der Waals surface area (Å²) in [5, 5.41) is 4.21. The first-order chi connectivity index (χ1) is 10.2. The number of ether oxygens (including phenoxy) is 1. The first-order valence-electron chi connectivity index (χ1n) is 7.30. The highest BCUT2D eigenvalue weighted by Gasteiger charge is 2.08. The largest absolute Gasteiger partial charge is 0.497 e. The molecule has 2 rings (SSSR count). The van der Waals surface area contributed by atoms with Gasteiger partial charge in [-0.25, -0.2) is 0 Å². The maximum absolute atomic E-state index is 5.65. The van der Waals surface area contributed by atoms with Crippen LogP contribution in [-0.2, 0) is 13.5 Å². The topological polar surface area (TPSA) is 56.3 Å². The van der Waals surface area contributed by atoms with Gasteiger partial charge in [-0.1, -0.05) is 0 Å². The van der Waals surface area contributed by atoms with Gasteiger partial charge in [-0.15, -0.1) is 0 Å². The lowest BCUT2D eigenvalue weighted by atomic mass is 10.2. The van der Waals surface area contributed by atoms with Crippen LogP contribution in [0.3, 0.4) is 0 Å². The van der Waals surface area contributed by atoms with E-state index >= 15 is 0 Å². The molecule has 21 heavy (non-hydrogen) atoms. The lowest BCUT2D eigenvalue weighted by Gasteiger charge is -2.25. The minimum Gasteiger partial charge on any atom is -0.497 e. The van der Waals surface area contributed by atoms with Crippen LogP contribution in [0, 0.1) is 0 Å². The molecule has 0 atom stereocenters. The highest BCUT2D eigenvalue weighted by molar-refractivity contribution is 5.49. The van der Waals surface area contributed by atoms with E-state index in [4.69, 9.17) is 10.5 Å². The van der Waals surface area contributed by atoms with Crippen LogP contribution in [0.25, 0.3) is 0 Å². The molecule has 0 aliphatic carbocycles. The van der Waals surface area contributed by atoms with E-state index in [1.54, 1.807) is 7.11 Å². The van der Waals surface area contributed by atoms with E-state index in [1.807, 2.05) is 30.1 Å². The Morgan fingerprint density at radius 3 is 2.52 bits per heavy atom. The van der Waals surface area contributed by atoms with Crippen molar-refractivity contribution < 1.29 is 4.74 Å². The molecule has 0 fully saturated rings. The monoisotopic (exact) mass is 288 g/mol. The third kappa shape index (κ3) is 4.23. The van der Waals surface area contributed by atoms with Crippen molar-refractivity contribution in [3.63, 3.8) is 0 Å². The SMILES string of the molecule is COc1ccc(N(CCCN)CCc2ccnn2C)cc1. The van der Waals surface area contributed by atoms with Gasteiger partial charge >= 0.3 is 0 Å². The Morgan fingerprint density at radius 1 is 1.19 bits per heavy atom. The van der Waals surface area contributed by atoms with Gasteiger partial charge in [0.15, 0.2) is 0 Å². The van der Waals surface area contributed by atoms with Crippen molar-refractivity contribution in [3.05, 3.63) is 42.2 Å². The molecular formula is C16H24N4O. The summed E-state index contributed by atoms with van der Waals surface area (Å²) in [5.74, 6) is 0.879. The van der Waals surface area contributed by atoms with E-state index in [1.165, 1.54) is 11.4 Å². The third-order valence-electron chi connectivity index (χ3n) is 3.63. The number of aryl methyl sites for hydroxylation is 1. The molecule has 0 spiro atoms. The van der Waals surface area contributed by atoms with Crippen LogP contribution >= 0.6 is 0 Å². The number of benzene rings is 1. The predicted molar refractivity (Wildman–Crippen MR) is 85.8 cm³/mol. The van der Waals surface area contributed by atoms with Crippen molar-refractivity contribution in [2.75, 3.05) is 31.6 Å². The van der Waals surface area contributed by atoms with Gasteiger partial charge in [0.2, 0.25) is 0 Å². The summed E-state index contributed by atoms with van der Waals surface area (Å²) in [7, 11) is 3.66. The van der Waals surface area contributed by atoms with Crippen molar-refractivity contribution in [2.24, 2.45) is 12.8 Å². The molecule has 5 nitrogen and oxygen atoms in total. The molecule has 1 aromatic heterocycles.